The minimum atomic E-state index is -1.54. The number of hydrogen-bond acceptors (Lipinski definition) is 7. The largest absolute Gasteiger partial charge is 0.550 e. The van der Waals surface area contributed by atoms with Gasteiger partial charge in [-0.3, -0.25) is 0 Å². The summed E-state index contributed by atoms with van der Waals surface area (Å²) in [7, 11) is 1.56. The van der Waals surface area contributed by atoms with Gasteiger partial charge in [0.05, 0.1) is 6.61 Å². The Bertz CT molecular complexity index is 304. The lowest BCUT2D eigenvalue weighted by atomic mass is 10.8. The molecule has 0 aliphatic carbocycles. The molecule has 1 rings (SSSR count). The van der Waals surface area contributed by atoms with Gasteiger partial charge >= 0.3 is 6.16 Å². The van der Waals surface area contributed by atoms with Gasteiger partial charge in [0.25, 0.3) is 0 Å². The van der Waals surface area contributed by atoms with Crippen LogP contribution in [-0.2, 0) is 21.2 Å². The average Bonchev–Trinajstić information content (AvgIpc) is 2.53. The van der Waals surface area contributed by atoms with Gasteiger partial charge in [-0.15, -0.1) is 10.2 Å². The average molecular weight is 235 g/mol. The highest BCUT2D eigenvalue weighted by Gasteiger charge is 2.06. The van der Waals surface area contributed by atoms with Crippen LogP contribution in [0.3, 0.4) is 0 Å². The first-order chi connectivity index (χ1) is 6.72. The molecule has 0 aliphatic rings. The smallest absolute Gasteiger partial charge is 0.420 e. The monoisotopic (exact) mass is 235 g/mol. The quantitative estimate of drug-likeness (QED) is 0.434. The molecule has 0 N–H and O–H groups in total. The van der Waals surface area contributed by atoms with E-state index in [1.165, 1.54) is 11.3 Å². The summed E-state index contributed by atoms with van der Waals surface area (Å²) in [6.07, 6.45) is -1.54. The summed E-state index contributed by atoms with van der Waals surface area (Å²) in [4.78, 5) is 9.90. The zero-order valence-corrected chi connectivity index (χ0v) is 8.89. The first kappa shape index (κ1) is 11.2. The summed E-state index contributed by atoms with van der Waals surface area (Å²) >= 11 is 2.47. The third kappa shape index (κ3) is 3.90. The minimum Gasteiger partial charge on any atom is -0.420 e. The van der Waals surface area contributed by atoms with E-state index in [1.54, 1.807) is 7.11 Å². The van der Waals surface area contributed by atoms with Gasteiger partial charge in [-0.25, -0.2) is 0 Å². The molecule has 1 aromatic rings. The molecule has 77 valence electrons. The predicted molar refractivity (Wildman–Crippen MR) is 48.5 cm³/mol. The highest BCUT2D eigenvalue weighted by Crippen LogP contribution is 2.22. The van der Waals surface area contributed by atoms with Crippen LogP contribution in [0.2, 0.25) is 0 Å². The molecule has 14 heavy (non-hydrogen) atoms. The molecule has 0 fully saturated rings. The van der Waals surface area contributed by atoms with Gasteiger partial charge in [0.1, 0.15) is 10.9 Å². The minimum absolute atomic E-state index is 0.0377. The summed E-state index contributed by atoms with van der Waals surface area (Å²) < 4.78 is 9.68. The van der Waals surface area contributed by atoms with Gasteiger partial charge in [0, 0.05) is 7.11 Å². The number of methoxy groups -OCH3 is 1. The fraction of sp³-hybridized carbons (Fsp3) is 0.500. The summed E-state index contributed by atoms with van der Waals surface area (Å²) in [5.74, 6) is -0.0377. The zero-order chi connectivity index (χ0) is 10.4. The molecule has 1 aromatic heterocycles. The maximum atomic E-state index is 9.90. The first-order valence-corrected chi connectivity index (χ1v) is 5.30. The van der Waals surface area contributed by atoms with Crippen molar-refractivity contribution in [2.75, 3.05) is 13.0 Å². The standard InChI is InChI=1S/C6H7N2O4S2/c1-11-2-4-7-8-5(14-4)13-3-12-6(9)10/h2-3H2,1H3. The number of carbonyl (C=O) groups is 1. The van der Waals surface area contributed by atoms with Crippen LogP contribution in [0.25, 0.3) is 0 Å². The van der Waals surface area contributed by atoms with Gasteiger partial charge in [-0.05, 0) is 0 Å². The summed E-state index contributed by atoms with van der Waals surface area (Å²) in [5.41, 5.74) is 0. The molecule has 0 bridgehead atoms. The van der Waals surface area contributed by atoms with Crippen molar-refractivity contribution < 1.29 is 19.4 Å². The third-order valence-corrected chi connectivity index (χ3v) is 2.93. The van der Waals surface area contributed by atoms with Crippen molar-refractivity contribution in [2.24, 2.45) is 0 Å². The van der Waals surface area contributed by atoms with Crippen LogP contribution >= 0.6 is 23.1 Å². The Labute approximate surface area is 88.2 Å². The summed E-state index contributed by atoms with van der Waals surface area (Å²) in [6, 6.07) is 0. The van der Waals surface area contributed by atoms with Crippen molar-refractivity contribution in [3.8, 4) is 0 Å². The molecule has 0 aromatic carbocycles. The highest BCUT2D eigenvalue weighted by atomic mass is 32.2. The van der Waals surface area contributed by atoms with Crippen LogP contribution in [0.4, 0.5) is 4.79 Å². The van der Waals surface area contributed by atoms with E-state index in [2.05, 4.69) is 14.9 Å². The van der Waals surface area contributed by atoms with E-state index >= 15 is 0 Å². The SMILES string of the molecule is COCc1nnc(SCOC([O])=O)s1. The van der Waals surface area contributed by atoms with Crippen molar-refractivity contribution in [2.45, 2.75) is 10.9 Å². The number of aromatic nitrogens is 2. The molecule has 0 saturated carbocycles. The fourth-order valence-electron chi connectivity index (χ4n) is 0.606. The number of thioether (sulfide) groups is 1. The van der Waals surface area contributed by atoms with Gasteiger partial charge in [0.15, 0.2) is 4.34 Å². The molecule has 1 radical (unpaired) electrons. The van der Waals surface area contributed by atoms with Crippen LogP contribution in [0, 0.1) is 0 Å². The fourth-order valence-corrected chi connectivity index (χ4v) is 2.17. The Morgan fingerprint density at radius 3 is 3.00 bits per heavy atom. The molecule has 0 aliphatic heterocycles. The Hall–Kier alpha value is -0.860. The Morgan fingerprint density at radius 2 is 2.36 bits per heavy atom. The normalized spacial score (nSPS) is 10.1. The Kier molecular flexibility index (Phi) is 4.63. The molecule has 6 nitrogen and oxygen atoms in total. The van der Waals surface area contributed by atoms with Gasteiger partial charge in [-0.2, -0.15) is 9.90 Å². The van der Waals surface area contributed by atoms with E-state index in [0.29, 0.717) is 10.9 Å². The van der Waals surface area contributed by atoms with E-state index in [1.807, 2.05) is 0 Å². The van der Waals surface area contributed by atoms with Crippen molar-refractivity contribution in [3.63, 3.8) is 0 Å². The number of ether oxygens (including phenoxy) is 2. The molecule has 1 heterocycles. The lowest BCUT2D eigenvalue weighted by Crippen LogP contribution is -1.96. The van der Waals surface area contributed by atoms with E-state index in [0.717, 1.165) is 16.8 Å². The lowest BCUT2D eigenvalue weighted by Gasteiger charge is -1.93. The number of hydrogen-bond donors (Lipinski definition) is 0. The molecule has 0 amide bonds. The topological polar surface area (TPSA) is 81.2 Å². The van der Waals surface area contributed by atoms with E-state index in [4.69, 9.17) is 4.74 Å². The second-order valence-corrected chi connectivity index (χ2v) is 4.28. The number of rotatable bonds is 5. The molecule has 8 heteroatoms. The maximum absolute atomic E-state index is 9.90. The van der Waals surface area contributed by atoms with Crippen molar-refractivity contribution >= 4 is 29.3 Å². The van der Waals surface area contributed by atoms with Gasteiger partial charge in [-0.1, -0.05) is 23.1 Å². The molecular weight excluding hydrogens is 228 g/mol. The van der Waals surface area contributed by atoms with E-state index < -0.39 is 6.16 Å². The summed E-state index contributed by atoms with van der Waals surface area (Å²) in [5, 5.41) is 18.2. The Morgan fingerprint density at radius 1 is 1.57 bits per heavy atom. The maximum Gasteiger partial charge on any atom is 0.550 e. The van der Waals surface area contributed by atoms with Crippen molar-refractivity contribution in [1.29, 1.82) is 0 Å². The van der Waals surface area contributed by atoms with Crippen LogP contribution < -0.4 is 0 Å². The third-order valence-electron chi connectivity index (χ3n) is 1.08. The molecule has 0 spiro atoms. The Balaban J connectivity index is 2.32. The van der Waals surface area contributed by atoms with Crippen LogP contribution in [0.5, 0.6) is 0 Å². The van der Waals surface area contributed by atoms with E-state index in [-0.39, 0.29) is 5.94 Å². The predicted octanol–water partition coefficient (Wildman–Crippen LogP) is 1.30. The molecule has 0 saturated heterocycles. The van der Waals surface area contributed by atoms with Crippen molar-refractivity contribution in [1.82, 2.24) is 10.2 Å². The number of nitrogens with zero attached hydrogens (tertiary/aromatic N) is 2. The highest BCUT2D eigenvalue weighted by molar-refractivity contribution is 8.00. The lowest BCUT2D eigenvalue weighted by molar-refractivity contribution is 0.0831. The second-order valence-electron chi connectivity index (χ2n) is 2.05. The molecular formula is C6H7N2O4S2. The zero-order valence-electron chi connectivity index (χ0n) is 7.26. The number of carbonyl (C=O) groups excluding carboxylic acids is 1. The van der Waals surface area contributed by atoms with Crippen LogP contribution in [0.1, 0.15) is 5.01 Å². The van der Waals surface area contributed by atoms with Crippen LogP contribution in [0.15, 0.2) is 4.34 Å². The van der Waals surface area contributed by atoms with Crippen molar-refractivity contribution in [3.05, 3.63) is 5.01 Å². The van der Waals surface area contributed by atoms with E-state index in [9.17, 15) is 9.90 Å². The second kappa shape index (κ2) is 5.78. The van der Waals surface area contributed by atoms with Gasteiger partial charge in [0.2, 0.25) is 0 Å². The molecule has 0 atom stereocenters. The van der Waals surface area contributed by atoms with Gasteiger partial charge < -0.3 is 9.47 Å². The first-order valence-electron chi connectivity index (χ1n) is 3.50. The molecule has 0 unspecified atom stereocenters. The van der Waals surface area contributed by atoms with Crippen LogP contribution in [-0.4, -0.2) is 29.4 Å². The summed E-state index contributed by atoms with van der Waals surface area (Å²) in [6.45, 7) is 0.402.